The van der Waals surface area contributed by atoms with Crippen molar-refractivity contribution in [1.82, 2.24) is 14.8 Å². The molecule has 1 saturated heterocycles. The molecular weight excluding hydrogens is 392 g/mol. The molecule has 0 aliphatic carbocycles. The first-order valence-corrected chi connectivity index (χ1v) is 11.1. The van der Waals surface area contributed by atoms with Gasteiger partial charge in [-0.15, -0.1) is 0 Å². The molecule has 4 heterocycles. The van der Waals surface area contributed by atoms with E-state index >= 15 is 0 Å². The van der Waals surface area contributed by atoms with Crippen LogP contribution >= 0.6 is 0 Å². The maximum atomic E-state index is 12.9. The van der Waals surface area contributed by atoms with Gasteiger partial charge in [0.25, 0.3) is 11.8 Å². The Bertz CT molecular complexity index is 1020. The maximum absolute atomic E-state index is 12.9. The number of pyridine rings is 1. The van der Waals surface area contributed by atoms with Gasteiger partial charge in [0, 0.05) is 50.7 Å². The molecule has 162 valence electrons. The van der Waals surface area contributed by atoms with E-state index in [0.717, 1.165) is 73.5 Å². The molecule has 3 aliphatic heterocycles. The molecule has 7 heteroatoms. The highest BCUT2D eigenvalue weighted by atomic mass is 16.5. The zero-order valence-electron chi connectivity index (χ0n) is 18.0. The quantitative estimate of drug-likeness (QED) is 0.759. The molecule has 0 bridgehead atoms. The van der Waals surface area contributed by atoms with Gasteiger partial charge in [-0.1, -0.05) is 0 Å². The Kier molecular flexibility index (Phi) is 5.36. The van der Waals surface area contributed by atoms with Gasteiger partial charge in [0.2, 0.25) is 0 Å². The molecule has 1 aromatic carbocycles. The fourth-order valence-electron chi connectivity index (χ4n) is 4.91. The predicted molar refractivity (Wildman–Crippen MR) is 118 cm³/mol. The van der Waals surface area contributed by atoms with E-state index in [1.165, 1.54) is 6.42 Å². The Morgan fingerprint density at radius 1 is 1.06 bits per heavy atom. The molecule has 2 aromatic rings. The Labute approximate surface area is 182 Å². The second-order valence-corrected chi connectivity index (χ2v) is 8.58. The van der Waals surface area contributed by atoms with Gasteiger partial charge in [0.05, 0.1) is 5.56 Å². The van der Waals surface area contributed by atoms with Crippen molar-refractivity contribution in [3.63, 3.8) is 0 Å². The monoisotopic (exact) mass is 420 g/mol. The number of piperidine rings is 1. The van der Waals surface area contributed by atoms with Crippen molar-refractivity contribution in [3.05, 3.63) is 52.7 Å². The van der Waals surface area contributed by atoms with Crippen LogP contribution in [-0.4, -0.2) is 60.1 Å². The largest absolute Gasteiger partial charge is 0.364 e. The molecule has 3 aliphatic rings. The van der Waals surface area contributed by atoms with Crippen LogP contribution in [0.1, 0.15) is 57.5 Å². The van der Waals surface area contributed by atoms with E-state index in [9.17, 15) is 9.59 Å². The zero-order valence-corrected chi connectivity index (χ0v) is 18.0. The van der Waals surface area contributed by atoms with E-state index in [2.05, 4.69) is 11.0 Å². The smallest absolute Gasteiger partial charge is 0.256 e. The van der Waals surface area contributed by atoms with Gasteiger partial charge in [-0.25, -0.2) is 4.98 Å². The third kappa shape index (κ3) is 3.67. The lowest BCUT2D eigenvalue weighted by atomic mass is 10.0. The molecule has 0 radical (unpaired) electrons. The number of carbonyl (C=O) groups is 2. The average molecular weight is 421 g/mol. The van der Waals surface area contributed by atoms with Crippen molar-refractivity contribution in [2.75, 3.05) is 38.4 Å². The summed E-state index contributed by atoms with van der Waals surface area (Å²) in [5, 5.41) is 0. The number of fused-ring (bicyclic) bond motifs is 2. The number of likely N-dealkylation sites (tertiary alicyclic amines) is 1. The lowest BCUT2D eigenvalue weighted by molar-refractivity contribution is 0.0440. The number of hydrogen-bond donors (Lipinski definition) is 0. The van der Waals surface area contributed by atoms with E-state index in [0.29, 0.717) is 18.8 Å². The topological polar surface area (TPSA) is 66.0 Å². The minimum atomic E-state index is 0.0152. The lowest BCUT2D eigenvalue weighted by Gasteiger charge is -2.31. The number of carbonyl (C=O) groups excluding carboxylic acids is 2. The second kappa shape index (κ2) is 8.30. The van der Waals surface area contributed by atoms with Crippen LogP contribution in [-0.2, 0) is 17.7 Å². The number of amides is 2. The van der Waals surface area contributed by atoms with Gasteiger partial charge in [0.1, 0.15) is 12.5 Å². The number of rotatable bonds is 4. The van der Waals surface area contributed by atoms with Crippen LogP contribution < -0.4 is 4.90 Å². The average Bonchev–Trinajstić information content (AvgIpc) is 3.13. The SMILES string of the molecule is COCN1Cc2cc(N3CCCc4cc(C(=O)N5CCCCC5)cnc43)ccc2C1=O. The van der Waals surface area contributed by atoms with Gasteiger partial charge < -0.3 is 19.4 Å². The number of benzene rings is 1. The van der Waals surface area contributed by atoms with Crippen LogP contribution in [0.4, 0.5) is 11.5 Å². The highest BCUT2D eigenvalue weighted by Gasteiger charge is 2.29. The van der Waals surface area contributed by atoms with E-state index < -0.39 is 0 Å². The highest BCUT2D eigenvalue weighted by molar-refractivity contribution is 5.99. The normalized spacial score (nSPS) is 18.2. The summed E-state index contributed by atoms with van der Waals surface area (Å²) < 4.78 is 5.15. The number of methoxy groups -OCH3 is 1. The molecule has 1 fully saturated rings. The van der Waals surface area contributed by atoms with E-state index in [1.54, 1.807) is 18.2 Å². The van der Waals surface area contributed by atoms with E-state index in [1.807, 2.05) is 23.1 Å². The summed E-state index contributed by atoms with van der Waals surface area (Å²) in [4.78, 5) is 36.0. The molecule has 0 unspecified atom stereocenters. The van der Waals surface area contributed by atoms with Gasteiger partial charge >= 0.3 is 0 Å². The number of anilines is 2. The van der Waals surface area contributed by atoms with Crippen molar-refractivity contribution >= 4 is 23.3 Å². The predicted octanol–water partition coefficient (Wildman–Crippen LogP) is 3.35. The Morgan fingerprint density at radius 2 is 1.90 bits per heavy atom. The lowest BCUT2D eigenvalue weighted by Crippen LogP contribution is -2.36. The molecule has 2 amide bonds. The first kappa shape index (κ1) is 20.0. The molecule has 0 atom stereocenters. The Morgan fingerprint density at radius 3 is 2.71 bits per heavy atom. The number of aryl methyl sites for hydroxylation is 1. The summed E-state index contributed by atoms with van der Waals surface area (Å²) >= 11 is 0. The molecule has 1 aromatic heterocycles. The van der Waals surface area contributed by atoms with Crippen molar-refractivity contribution in [2.45, 2.75) is 38.6 Å². The molecule has 0 spiro atoms. The molecule has 0 N–H and O–H groups in total. The first-order valence-electron chi connectivity index (χ1n) is 11.1. The molecule has 7 nitrogen and oxygen atoms in total. The standard InChI is InChI=1S/C24H28N4O3/c1-31-16-27-15-19-13-20(7-8-21(19)24(27)30)28-11-5-6-17-12-18(14-25-22(17)28)23(29)26-9-3-2-4-10-26/h7-8,12-14H,2-6,9-11,15-16H2,1H3. The van der Waals surface area contributed by atoms with Crippen LogP contribution in [0.25, 0.3) is 0 Å². The Hall–Kier alpha value is -2.93. The van der Waals surface area contributed by atoms with Crippen molar-refractivity contribution < 1.29 is 14.3 Å². The van der Waals surface area contributed by atoms with Crippen LogP contribution in [0.3, 0.4) is 0 Å². The summed E-state index contributed by atoms with van der Waals surface area (Å²) in [5.41, 5.74) is 4.61. The Balaban J connectivity index is 1.41. The van der Waals surface area contributed by atoms with E-state index in [4.69, 9.17) is 9.72 Å². The van der Waals surface area contributed by atoms with Crippen LogP contribution in [0.5, 0.6) is 0 Å². The van der Waals surface area contributed by atoms with Crippen LogP contribution in [0, 0.1) is 0 Å². The van der Waals surface area contributed by atoms with Crippen molar-refractivity contribution in [2.24, 2.45) is 0 Å². The van der Waals surface area contributed by atoms with Gasteiger partial charge in [-0.3, -0.25) is 9.59 Å². The third-order valence-corrected chi connectivity index (χ3v) is 6.48. The minimum absolute atomic E-state index is 0.0152. The number of hydrogen-bond acceptors (Lipinski definition) is 5. The summed E-state index contributed by atoms with van der Waals surface area (Å²) in [7, 11) is 1.60. The summed E-state index contributed by atoms with van der Waals surface area (Å²) in [5.74, 6) is 1.03. The van der Waals surface area contributed by atoms with Gasteiger partial charge in [-0.05, 0) is 67.5 Å². The first-order chi connectivity index (χ1) is 15.2. The van der Waals surface area contributed by atoms with E-state index in [-0.39, 0.29) is 11.8 Å². The minimum Gasteiger partial charge on any atom is -0.364 e. The zero-order chi connectivity index (χ0) is 21.4. The number of ether oxygens (including phenoxy) is 1. The molecule has 31 heavy (non-hydrogen) atoms. The summed E-state index contributed by atoms with van der Waals surface area (Å²) in [6.45, 7) is 3.41. The molecule has 5 rings (SSSR count). The summed E-state index contributed by atoms with van der Waals surface area (Å²) in [6, 6.07) is 8.02. The molecule has 0 saturated carbocycles. The number of aromatic nitrogens is 1. The second-order valence-electron chi connectivity index (χ2n) is 8.58. The van der Waals surface area contributed by atoms with Gasteiger partial charge in [0.15, 0.2) is 0 Å². The van der Waals surface area contributed by atoms with Crippen LogP contribution in [0.15, 0.2) is 30.5 Å². The fraction of sp³-hybridized carbons (Fsp3) is 0.458. The number of nitrogens with zero attached hydrogens (tertiary/aromatic N) is 4. The van der Waals surface area contributed by atoms with Gasteiger partial charge in [-0.2, -0.15) is 0 Å². The molecular formula is C24H28N4O3. The fourth-order valence-corrected chi connectivity index (χ4v) is 4.91. The van der Waals surface area contributed by atoms with Crippen molar-refractivity contribution in [3.8, 4) is 0 Å². The van der Waals surface area contributed by atoms with Crippen LogP contribution in [0.2, 0.25) is 0 Å². The maximum Gasteiger partial charge on any atom is 0.256 e. The highest BCUT2D eigenvalue weighted by Crippen LogP contribution is 2.35. The van der Waals surface area contributed by atoms with Crippen molar-refractivity contribution in [1.29, 1.82) is 0 Å². The summed E-state index contributed by atoms with van der Waals surface area (Å²) in [6.07, 6.45) is 7.02. The third-order valence-electron chi connectivity index (χ3n) is 6.48.